The summed E-state index contributed by atoms with van der Waals surface area (Å²) in [5.41, 5.74) is 1.63. The van der Waals surface area contributed by atoms with Crippen LogP contribution in [-0.4, -0.2) is 35.4 Å². The molecule has 2 aromatic rings. The van der Waals surface area contributed by atoms with Gasteiger partial charge < -0.3 is 15.0 Å². The molecule has 1 atom stereocenters. The molecule has 0 aromatic heterocycles. The number of likely N-dealkylation sites (tertiary alicyclic amines) is 1. The maximum absolute atomic E-state index is 13.1. The van der Waals surface area contributed by atoms with E-state index < -0.39 is 0 Å². The highest BCUT2D eigenvalue weighted by molar-refractivity contribution is 6.06. The lowest BCUT2D eigenvalue weighted by Crippen LogP contribution is -2.43. The van der Waals surface area contributed by atoms with Gasteiger partial charge in [0.1, 0.15) is 5.75 Å². The van der Waals surface area contributed by atoms with Crippen molar-refractivity contribution in [2.75, 3.05) is 11.9 Å². The van der Waals surface area contributed by atoms with Gasteiger partial charge in [-0.05, 0) is 69.9 Å². The monoisotopic (exact) mass is 394 g/mol. The molecule has 1 N–H and O–H groups in total. The van der Waals surface area contributed by atoms with Gasteiger partial charge in [0.25, 0.3) is 11.8 Å². The van der Waals surface area contributed by atoms with Crippen molar-refractivity contribution < 1.29 is 14.3 Å². The van der Waals surface area contributed by atoms with Crippen LogP contribution in [0.4, 0.5) is 5.69 Å². The highest BCUT2D eigenvalue weighted by Crippen LogP contribution is 2.26. The molecule has 29 heavy (non-hydrogen) atoms. The standard InChI is InChI=1S/C24H30N2O3/c1-4-20-12-7-8-15-26(20)24(28)19-11-9-10-18(16-19)23(27)25-21-13-5-6-14-22(21)29-17(2)3/h5-6,9-11,13-14,16-17,20H,4,7-8,12,15H2,1-3H3,(H,25,27). The third-order valence-corrected chi connectivity index (χ3v) is 5.23. The molecule has 0 spiro atoms. The van der Waals surface area contributed by atoms with E-state index in [0.717, 1.165) is 25.8 Å². The van der Waals surface area contributed by atoms with Gasteiger partial charge >= 0.3 is 0 Å². The van der Waals surface area contributed by atoms with E-state index in [9.17, 15) is 9.59 Å². The zero-order valence-corrected chi connectivity index (χ0v) is 17.5. The van der Waals surface area contributed by atoms with Crippen molar-refractivity contribution in [1.82, 2.24) is 4.90 Å². The number of carbonyl (C=O) groups is 2. The molecule has 1 fully saturated rings. The lowest BCUT2D eigenvalue weighted by molar-refractivity contribution is 0.0608. The molecule has 1 aliphatic heterocycles. The fourth-order valence-corrected chi connectivity index (χ4v) is 3.77. The highest BCUT2D eigenvalue weighted by Gasteiger charge is 2.26. The zero-order chi connectivity index (χ0) is 20.8. The normalized spacial score (nSPS) is 16.6. The van der Waals surface area contributed by atoms with Crippen LogP contribution in [0, 0.1) is 0 Å². The van der Waals surface area contributed by atoms with Crippen LogP contribution in [0.1, 0.15) is 67.2 Å². The van der Waals surface area contributed by atoms with Crippen LogP contribution in [0.25, 0.3) is 0 Å². The summed E-state index contributed by atoms with van der Waals surface area (Å²) in [5, 5.41) is 2.91. The lowest BCUT2D eigenvalue weighted by atomic mass is 9.98. The number of nitrogens with zero attached hydrogens (tertiary/aromatic N) is 1. The minimum Gasteiger partial charge on any atom is -0.489 e. The Morgan fingerprint density at radius 2 is 1.86 bits per heavy atom. The number of hydrogen-bond donors (Lipinski definition) is 1. The number of nitrogens with one attached hydrogen (secondary N) is 1. The predicted octanol–water partition coefficient (Wildman–Crippen LogP) is 5.13. The van der Waals surface area contributed by atoms with Crippen molar-refractivity contribution in [3.05, 3.63) is 59.7 Å². The summed E-state index contributed by atoms with van der Waals surface area (Å²) in [6.45, 7) is 6.79. The second kappa shape index (κ2) is 9.59. The molecular formula is C24H30N2O3. The number of amides is 2. The summed E-state index contributed by atoms with van der Waals surface area (Å²) in [7, 11) is 0. The van der Waals surface area contributed by atoms with Crippen molar-refractivity contribution in [1.29, 1.82) is 0 Å². The van der Waals surface area contributed by atoms with Crippen LogP contribution < -0.4 is 10.1 Å². The number of anilines is 1. The van der Waals surface area contributed by atoms with Gasteiger partial charge in [0.15, 0.2) is 0 Å². The van der Waals surface area contributed by atoms with Crippen molar-refractivity contribution in [2.45, 2.75) is 58.6 Å². The molecule has 1 saturated heterocycles. The van der Waals surface area contributed by atoms with Crippen LogP contribution in [0.3, 0.4) is 0 Å². The maximum Gasteiger partial charge on any atom is 0.255 e. The minimum atomic E-state index is -0.259. The Morgan fingerprint density at radius 3 is 2.62 bits per heavy atom. The smallest absolute Gasteiger partial charge is 0.255 e. The van der Waals surface area contributed by atoms with Crippen LogP contribution in [0.2, 0.25) is 0 Å². The SMILES string of the molecule is CCC1CCCCN1C(=O)c1cccc(C(=O)Nc2ccccc2OC(C)C)c1. The number of benzene rings is 2. The van der Waals surface area contributed by atoms with Crippen LogP contribution >= 0.6 is 0 Å². The molecule has 1 heterocycles. The molecule has 2 amide bonds. The number of piperidine rings is 1. The summed E-state index contributed by atoms with van der Waals surface area (Å²) in [4.78, 5) is 27.8. The van der Waals surface area contributed by atoms with E-state index in [1.165, 1.54) is 6.42 Å². The van der Waals surface area contributed by atoms with Gasteiger partial charge in [-0.2, -0.15) is 0 Å². The van der Waals surface area contributed by atoms with Crippen LogP contribution in [-0.2, 0) is 0 Å². The molecule has 5 nitrogen and oxygen atoms in total. The summed E-state index contributed by atoms with van der Waals surface area (Å²) in [5.74, 6) is 0.377. The molecule has 5 heteroatoms. The first-order chi connectivity index (χ1) is 14.0. The molecular weight excluding hydrogens is 364 g/mol. The summed E-state index contributed by atoms with van der Waals surface area (Å²) < 4.78 is 5.77. The number of ether oxygens (including phenoxy) is 1. The fourth-order valence-electron chi connectivity index (χ4n) is 3.77. The number of carbonyl (C=O) groups excluding carboxylic acids is 2. The van der Waals surface area contributed by atoms with E-state index >= 15 is 0 Å². The van der Waals surface area contributed by atoms with Gasteiger partial charge in [-0.15, -0.1) is 0 Å². The van der Waals surface area contributed by atoms with Crippen LogP contribution in [0.5, 0.6) is 5.75 Å². The zero-order valence-electron chi connectivity index (χ0n) is 17.5. The van der Waals surface area contributed by atoms with E-state index in [0.29, 0.717) is 22.6 Å². The summed E-state index contributed by atoms with van der Waals surface area (Å²) in [6, 6.07) is 14.6. The molecule has 0 saturated carbocycles. The van der Waals surface area contributed by atoms with E-state index in [1.54, 1.807) is 24.3 Å². The van der Waals surface area contributed by atoms with Gasteiger partial charge in [-0.25, -0.2) is 0 Å². The molecule has 154 valence electrons. The number of para-hydroxylation sites is 2. The molecule has 0 aliphatic carbocycles. The predicted molar refractivity (Wildman–Crippen MR) is 116 cm³/mol. The molecule has 0 radical (unpaired) electrons. The van der Waals surface area contributed by atoms with Gasteiger partial charge in [0.05, 0.1) is 11.8 Å². The Kier molecular flexibility index (Phi) is 6.91. The van der Waals surface area contributed by atoms with E-state index in [4.69, 9.17) is 4.74 Å². The van der Waals surface area contributed by atoms with Crippen LogP contribution in [0.15, 0.2) is 48.5 Å². The van der Waals surface area contributed by atoms with E-state index in [2.05, 4.69) is 12.2 Å². The first kappa shape index (κ1) is 20.9. The first-order valence-corrected chi connectivity index (χ1v) is 10.5. The second-order valence-corrected chi connectivity index (χ2v) is 7.75. The van der Waals surface area contributed by atoms with Gasteiger partial charge in [0.2, 0.25) is 0 Å². The molecule has 1 unspecified atom stereocenters. The molecule has 3 rings (SSSR count). The Hall–Kier alpha value is -2.82. The quantitative estimate of drug-likeness (QED) is 0.739. The Morgan fingerprint density at radius 1 is 1.10 bits per heavy atom. The fraction of sp³-hybridized carbons (Fsp3) is 0.417. The first-order valence-electron chi connectivity index (χ1n) is 10.5. The second-order valence-electron chi connectivity index (χ2n) is 7.75. The van der Waals surface area contributed by atoms with E-state index in [-0.39, 0.29) is 24.0 Å². The lowest BCUT2D eigenvalue weighted by Gasteiger charge is -2.35. The molecule has 2 aromatic carbocycles. The van der Waals surface area contributed by atoms with Crippen molar-refractivity contribution in [2.24, 2.45) is 0 Å². The third kappa shape index (κ3) is 5.17. The largest absolute Gasteiger partial charge is 0.489 e. The van der Waals surface area contributed by atoms with Gasteiger partial charge in [-0.1, -0.05) is 25.1 Å². The summed E-state index contributed by atoms with van der Waals surface area (Å²) >= 11 is 0. The van der Waals surface area contributed by atoms with Gasteiger partial charge in [-0.3, -0.25) is 9.59 Å². The van der Waals surface area contributed by atoms with Crippen molar-refractivity contribution >= 4 is 17.5 Å². The Balaban J connectivity index is 1.77. The Labute approximate surface area is 173 Å². The molecule has 1 aliphatic rings. The topological polar surface area (TPSA) is 58.6 Å². The summed E-state index contributed by atoms with van der Waals surface area (Å²) in [6.07, 6.45) is 4.22. The average Bonchev–Trinajstić information content (AvgIpc) is 2.74. The van der Waals surface area contributed by atoms with Crippen molar-refractivity contribution in [3.8, 4) is 5.75 Å². The highest BCUT2D eigenvalue weighted by atomic mass is 16.5. The number of rotatable bonds is 6. The maximum atomic E-state index is 13.1. The van der Waals surface area contributed by atoms with E-state index in [1.807, 2.05) is 43.0 Å². The minimum absolute atomic E-state index is 0.00468. The Bertz CT molecular complexity index is 863. The molecule has 0 bridgehead atoms. The average molecular weight is 395 g/mol. The number of hydrogen-bond acceptors (Lipinski definition) is 3. The van der Waals surface area contributed by atoms with Crippen molar-refractivity contribution in [3.63, 3.8) is 0 Å². The third-order valence-electron chi connectivity index (χ3n) is 5.23. The van der Waals surface area contributed by atoms with Gasteiger partial charge in [0, 0.05) is 23.7 Å².